The van der Waals surface area contributed by atoms with Crippen molar-refractivity contribution in [2.75, 3.05) is 13.6 Å². The van der Waals surface area contributed by atoms with Gasteiger partial charge in [0.15, 0.2) is 11.5 Å². The van der Waals surface area contributed by atoms with E-state index in [1.54, 1.807) is 12.1 Å². The standard InChI is InChI=1S/C24H23N3O5/c1-26-10-9-24-16-6-7-17(25-23(29)14-3-2-4-15(11-14)27(30)31)22(24)32-21-19(28)8-5-13(20(21)24)12-18(16)26/h2-8,11,16-18,22,28H,9-10,12H2,1H3,(H,25,29). The lowest BCUT2D eigenvalue weighted by atomic mass is 9.53. The first-order valence-electron chi connectivity index (χ1n) is 10.9. The van der Waals surface area contributed by atoms with E-state index < -0.39 is 11.0 Å². The van der Waals surface area contributed by atoms with Gasteiger partial charge in [-0.2, -0.15) is 0 Å². The lowest BCUT2D eigenvalue weighted by Gasteiger charge is -2.57. The van der Waals surface area contributed by atoms with E-state index in [2.05, 4.69) is 23.3 Å². The Morgan fingerprint density at radius 2 is 2.16 bits per heavy atom. The molecule has 1 saturated heterocycles. The number of non-ortho nitro benzene ring substituents is 1. The van der Waals surface area contributed by atoms with E-state index in [9.17, 15) is 20.0 Å². The summed E-state index contributed by atoms with van der Waals surface area (Å²) in [7, 11) is 2.15. The fourth-order valence-electron chi connectivity index (χ4n) is 6.38. The van der Waals surface area contributed by atoms with Crippen molar-refractivity contribution in [2.24, 2.45) is 5.92 Å². The number of hydrogen-bond acceptors (Lipinski definition) is 6. The summed E-state index contributed by atoms with van der Waals surface area (Å²) in [5.41, 5.74) is 2.09. The first kappa shape index (κ1) is 19.3. The number of hydrogen-bond donors (Lipinski definition) is 2. The number of phenols is 1. The highest BCUT2D eigenvalue weighted by Crippen LogP contribution is 2.62. The molecule has 8 heteroatoms. The van der Waals surface area contributed by atoms with Crippen LogP contribution >= 0.6 is 0 Å². The number of phenolic OH excluding ortho intramolecular Hbond substituents is 1. The fraction of sp³-hybridized carbons (Fsp3) is 0.375. The van der Waals surface area contributed by atoms with Gasteiger partial charge in [0.25, 0.3) is 11.6 Å². The number of ether oxygens (including phenoxy) is 1. The number of carbonyl (C=O) groups is 1. The van der Waals surface area contributed by atoms with Crippen LogP contribution in [-0.4, -0.2) is 52.6 Å². The predicted octanol–water partition coefficient (Wildman–Crippen LogP) is 2.54. The summed E-state index contributed by atoms with van der Waals surface area (Å²) in [6.07, 6.45) is 5.60. The largest absolute Gasteiger partial charge is 0.504 e. The molecule has 164 valence electrons. The molecule has 2 N–H and O–H groups in total. The molecule has 0 radical (unpaired) electrons. The highest BCUT2D eigenvalue weighted by Gasteiger charge is 2.64. The van der Waals surface area contributed by atoms with E-state index in [1.807, 2.05) is 12.1 Å². The SMILES string of the molecule is CN1CCC23c4c5ccc(O)c4OC2C(NC(=O)c2cccc([N+](=O)[O-])c2)C=CC3C1C5. The molecule has 2 bridgehead atoms. The minimum atomic E-state index is -0.511. The average Bonchev–Trinajstić information content (AvgIpc) is 3.14. The van der Waals surface area contributed by atoms with Gasteiger partial charge in [-0.1, -0.05) is 24.3 Å². The lowest BCUT2D eigenvalue weighted by molar-refractivity contribution is -0.384. The summed E-state index contributed by atoms with van der Waals surface area (Å²) in [4.78, 5) is 26.0. The fourth-order valence-corrected chi connectivity index (χ4v) is 6.38. The van der Waals surface area contributed by atoms with Crippen LogP contribution in [0.1, 0.15) is 27.9 Å². The van der Waals surface area contributed by atoms with Crippen LogP contribution < -0.4 is 10.1 Å². The number of amides is 1. The van der Waals surface area contributed by atoms with Crippen molar-refractivity contribution in [3.8, 4) is 11.5 Å². The summed E-state index contributed by atoms with van der Waals surface area (Å²) in [5, 5.41) is 24.7. The number of aromatic hydroxyl groups is 1. The number of piperidine rings is 1. The number of rotatable bonds is 3. The average molecular weight is 433 g/mol. The molecule has 0 aromatic heterocycles. The molecule has 5 unspecified atom stereocenters. The molecule has 1 spiro atoms. The van der Waals surface area contributed by atoms with Gasteiger partial charge < -0.3 is 20.1 Å². The molecule has 1 fully saturated rings. The van der Waals surface area contributed by atoms with Crippen LogP contribution in [0.3, 0.4) is 0 Å². The molecule has 5 atom stereocenters. The maximum absolute atomic E-state index is 13.0. The number of carbonyl (C=O) groups excluding carboxylic acids is 1. The maximum atomic E-state index is 13.0. The summed E-state index contributed by atoms with van der Waals surface area (Å²) in [5.74, 6) is 0.515. The van der Waals surface area contributed by atoms with Gasteiger partial charge in [-0.3, -0.25) is 14.9 Å². The Bertz CT molecular complexity index is 1190. The zero-order chi connectivity index (χ0) is 22.2. The summed E-state index contributed by atoms with van der Waals surface area (Å²) in [6, 6.07) is 9.33. The monoisotopic (exact) mass is 433 g/mol. The van der Waals surface area contributed by atoms with Crippen LogP contribution in [0.2, 0.25) is 0 Å². The normalized spacial score (nSPS) is 31.5. The van der Waals surface area contributed by atoms with Crippen molar-refractivity contribution in [1.82, 2.24) is 10.2 Å². The Hall–Kier alpha value is -3.39. The Morgan fingerprint density at radius 1 is 1.31 bits per heavy atom. The molecule has 32 heavy (non-hydrogen) atoms. The van der Waals surface area contributed by atoms with Crippen molar-refractivity contribution in [3.05, 3.63) is 75.4 Å². The first-order valence-corrected chi connectivity index (χ1v) is 10.9. The van der Waals surface area contributed by atoms with E-state index >= 15 is 0 Å². The molecule has 2 aromatic carbocycles. The lowest BCUT2D eigenvalue weighted by Crippen LogP contribution is -2.66. The summed E-state index contributed by atoms with van der Waals surface area (Å²) >= 11 is 0. The minimum Gasteiger partial charge on any atom is -0.504 e. The van der Waals surface area contributed by atoms with Crippen molar-refractivity contribution >= 4 is 11.6 Å². The zero-order valence-corrected chi connectivity index (χ0v) is 17.5. The number of nitro groups is 1. The molecule has 0 saturated carbocycles. The van der Waals surface area contributed by atoms with Crippen molar-refractivity contribution in [2.45, 2.75) is 36.4 Å². The van der Waals surface area contributed by atoms with Crippen LogP contribution in [0.25, 0.3) is 0 Å². The van der Waals surface area contributed by atoms with Crippen molar-refractivity contribution < 1.29 is 19.6 Å². The van der Waals surface area contributed by atoms with E-state index in [0.717, 1.165) is 24.9 Å². The third-order valence-electron chi connectivity index (χ3n) is 7.79. The second-order valence-electron chi connectivity index (χ2n) is 9.25. The van der Waals surface area contributed by atoms with Crippen LogP contribution in [0.15, 0.2) is 48.6 Å². The minimum absolute atomic E-state index is 0.125. The molecule has 2 aliphatic heterocycles. The summed E-state index contributed by atoms with van der Waals surface area (Å²) in [6.45, 7) is 0.912. The number of likely N-dealkylation sites (tertiary alicyclic amines) is 1. The molecule has 4 aliphatic rings. The first-order chi connectivity index (χ1) is 15.4. The topological polar surface area (TPSA) is 105 Å². The summed E-state index contributed by atoms with van der Waals surface area (Å²) < 4.78 is 6.41. The molecule has 2 heterocycles. The Kier molecular flexibility index (Phi) is 3.96. The van der Waals surface area contributed by atoms with Crippen LogP contribution in [0, 0.1) is 16.0 Å². The van der Waals surface area contributed by atoms with E-state index in [-0.39, 0.29) is 40.3 Å². The molecule has 2 aliphatic carbocycles. The van der Waals surface area contributed by atoms with Gasteiger partial charge in [0, 0.05) is 40.6 Å². The van der Waals surface area contributed by atoms with Gasteiger partial charge in [-0.05, 0) is 44.1 Å². The van der Waals surface area contributed by atoms with Gasteiger partial charge >= 0.3 is 0 Å². The second-order valence-corrected chi connectivity index (χ2v) is 9.25. The molecular weight excluding hydrogens is 410 g/mol. The second kappa shape index (κ2) is 6.56. The third-order valence-corrected chi connectivity index (χ3v) is 7.79. The highest BCUT2D eigenvalue weighted by molar-refractivity contribution is 5.95. The van der Waals surface area contributed by atoms with Crippen LogP contribution in [0.4, 0.5) is 5.69 Å². The van der Waals surface area contributed by atoms with Gasteiger partial charge in [0.1, 0.15) is 6.10 Å². The van der Waals surface area contributed by atoms with E-state index in [1.165, 1.54) is 23.8 Å². The van der Waals surface area contributed by atoms with Crippen molar-refractivity contribution in [1.29, 1.82) is 0 Å². The van der Waals surface area contributed by atoms with E-state index in [4.69, 9.17) is 4.74 Å². The van der Waals surface area contributed by atoms with Crippen molar-refractivity contribution in [3.63, 3.8) is 0 Å². The van der Waals surface area contributed by atoms with Gasteiger partial charge in [0.05, 0.1) is 11.0 Å². The quantitative estimate of drug-likeness (QED) is 0.438. The Labute approximate surface area is 184 Å². The number of nitro benzene ring substituents is 1. The number of nitrogens with zero attached hydrogens (tertiary/aromatic N) is 2. The third kappa shape index (κ3) is 2.44. The molecule has 8 nitrogen and oxygen atoms in total. The maximum Gasteiger partial charge on any atom is 0.270 e. The van der Waals surface area contributed by atoms with Gasteiger partial charge in [0.2, 0.25) is 0 Å². The number of likely N-dealkylation sites (N-methyl/N-ethyl adjacent to an activating group) is 1. The molecule has 1 amide bonds. The smallest absolute Gasteiger partial charge is 0.270 e. The van der Waals surface area contributed by atoms with E-state index in [0.29, 0.717) is 11.8 Å². The van der Waals surface area contributed by atoms with Crippen LogP contribution in [0.5, 0.6) is 11.5 Å². The molecular formula is C24H23N3O5. The number of nitrogens with one attached hydrogen (secondary N) is 1. The zero-order valence-electron chi connectivity index (χ0n) is 17.5. The molecule has 2 aromatic rings. The Morgan fingerprint density at radius 3 is 2.97 bits per heavy atom. The van der Waals surface area contributed by atoms with Crippen LogP contribution in [-0.2, 0) is 11.8 Å². The number of benzene rings is 2. The predicted molar refractivity (Wildman–Crippen MR) is 116 cm³/mol. The highest BCUT2D eigenvalue weighted by atomic mass is 16.6. The molecule has 6 rings (SSSR count). The van der Waals surface area contributed by atoms with Gasteiger partial charge in [-0.25, -0.2) is 0 Å². The Balaban J connectivity index is 1.40. The van der Waals surface area contributed by atoms with Gasteiger partial charge in [-0.15, -0.1) is 0 Å².